The molecule has 2 aromatic heterocycles. The lowest BCUT2D eigenvalue weighted by atomic mass is 10.1. The van der Waals surface area contributed by atoms with Crippen molar-refractivity contribution in [2.45, 2.75) is 12.8 Å². The molecule has 1 atom stereocenters. The van der Waals surface area contributed by atoms with Crippen LogP contribution >= 0.6 is 0 Å². The number of halogens is 2. The normalized spacial score (nSPS) is 12.2. The molecule has 8 nitrogen and oxygen atoms in total. The molecular formula is C26H23F2N5O3. The van der Waals surface area contributed by atoms with Crippen LogP contribution in [0.5, 0.6) is 11.5 Å². The highest BCUT2D eigenvalue weighted by atomic mass is 19.1. The molecule has 0 aliphatic carbocycles. The molecule has 0 aliphatic heterocycles. The van der Waals surface area contributed by atoms with E-state index < -0.39 is 11.6 Å². The highest BCUT2D eigenvalue weighted by molar-refractivity contribution is 5.97. The highest BCUT2D eigenvalue weighted by Gasteiger charge is 2.21. The van der Waals surface area contributed by atoms with Crippen LogP contribution in [0.3, 0.4) is 0 Å². The second kappa shape index (κ2) is 9.29. The average Bonchev–Trinajstić information content (AvgIpc) is 3.43. The van der Waals surface area contributed by atoms with Gasteiger partial charge in [-0.15, -0.1) is 0 Å². The zero-order valence-corrected chi connectivity index (χ0v) is 19.5. The summed E-state index contributed by atoms with van der Waals surface area (Å²) < 4.78 is 34.1. The first-order valence-corrected chi connectivity index (χ1v) is 11.3. The van der Waals surface area contributed by atoms with Crippen molar-refractivity contribution in [1.82, 2.24) is 24.8 Å². The van der Waals surface area contributed by atoms with E-state index in [0.29, 0.717) is 34.0 Å². The second-order valence-electron chi connectivity index (χ2n) is 8.46. The van der Waals surface area contributed by atoms with Crippen molar-refractivity contribution in [2.75, 3.05) is 13.2 Å². The van der Waals surface area contributed by atoms with E-state index in [-0.39, 0.29) is 30.8 Å². The summed E-state index contributed by atoms with van der Waals surface area (Å²) in [6, 6.07) is 13.4. The van der Waals surface area contributed by atoms with Crippen LogP contribution in [0.25, 0.3) is 22.1 Å². The zero-order valence-electron chi connectivity index (χ0n) is 19.5. The van der Waals surface area contributed by atoms with Gasteiger partial charge in [-0.05, 0) is 49.4 Å². The number of nitrogens with zero attached hydrogens (tertiary/aromatic N) is 3. The number of aromatic nitrogens is 4. The number of rotatable bonds is 7. The molecule has 3 aromatic carbocycles. The van der Waals surface area contributed by atoms with Crippen LogP contribution in [-0.2, 0) is 7.05 Å². The van der Waals surface area contributed by atoms with Crippen LogP contribution < -0.4 is 10.1 Å². The minimum Gasteiger partial charge on any atom is -0.505 e. The molecule has 36 heavy (non-hydrogen) atoms. The number of nitrogens with one attached hydrogen (secondary N) is 2. The number of hydrogen-bond acceptors (Lipinski definition) is 5. The van der Waals surface area contributed by atoms with Gasteiger partial charge in [-0.2, -0.15) is 0 Å². The fourth-order valence-electron chi connectivity index (χ4n) is 4.07. The van der Waals surface area contributed by atoms with E-state index in [9.17, 15) is 18.7 Å². The number of hydrogen-bond donors (Lipinski definition) is 3. The van der Waals surface area contributed by atoms with Crippen molar-refractivity contribution < 1.29 is 23.4 Å². The number of aromatic amines is 1. The number of aromatic hydroxyl groups is 1. The minimum atomic E-state index is -0.721. The molecule has 0 fully saturated rings. The summed E-state index contributed by atoms with van der Waals surface area (Å²) in [4.78, 5) is 25.0. The van der Waals surface area contributed by atoms with Crippen LogP contribution in [0.1, 0.15) is 34.8 Å². The standard InChI is InChI=1S/C26H23F2N5O3/c1-14(24-30-20-12-18(28)23(34)13-21(20)31-24)25-32-19-8-3-15(11-22(19)33(25)2)26(35)29-9-10-36-17-6-4-16(27)5-7-17/h3-8,11-14,34H,9-10H2,1-2H3,(H,29,35)(H,30,31). The number of imidazole rings is 2. The maximum atomic E-state index is 13.7. The molecule has 5 aromatic rings. The Morgan fingerprint density at radius 1 is 1.11 bits per heavy atom. The molecule has 0 aliphatic rings. The number of H-pyrrole nitrogens is 1. The first-order valence-electron chi connectivity index (χ1n) is 11.3. The number of phenols is 1. The highest BCUT2D eigenvalue weighted by Crippen LogP contribution is 2.29. The molecule has 0 bridgehead atoms. The quantitative estimate of drug-likeness (QED) is 0.293. The van der Waals surface area contributed by atoms with Gasteiger partial charge in [-0.25, -0.2) is 18.7 Å². The van der Waals surface area contributed by atoms with Gasteiger partial charge < -0.3 is 24.7 Å². The smallest absolute Gasteiger partial charge is 0.251 e. The van der Waals surface area contributed by atoms with Crippen molar-refractivity contribution in [3.8, 4) is 11.5 Å². The molecule has 10 heteroatoms. The minimum absolute atomic E-state index is 0.242. The summed E-state index contributed by atoms with van der Waals surface area (Å²) in [6.07, 6.45) is 0. The molecule has 1 amide bonds. The predicted octanol–water partition coefficient (Wildman–Crippen LogP) is 4.39. The molecule has 0 spiro atoms. The largest absolute Gasteiger partial charge is 0.505 e. The first-order chi connectivity index (χ1) is 17.3. The lowest BCUT2D eigenvalue weighted by Crippen LogP contribution is -2.28. The Balaban J connectivity index is 1.30. The monoisotopic (exact) mass is 491 g/mol. The van der Waals surface area contributed by atoms with Gasteiger partial charge >= 0.3 is 0 Å². The van der Waals surface area contributed by atoms with E-state index in [1.54, 1.807) is 18.2 Å². The van der Waals surface area contributed by atoms with Gasteiger partial charge in [-0.3, -0.25) is 4.79 Å². The Morgan fingerprint density at radius 3 is 2.67 bits per heavy atom. The van der Waals surface area contributed by atoms with E-state index in [0.717, 1.165) is 11.0 Å². The van der Waals surface area contributed by atoms with Crippen molar-refractivity contribution in [1.29, 1.82) is 0 Å². The van der Waals surface area contributed by atoms with Gasteiger partial charge in [-0.1, -0.05) is 0 Å². The summed E-state index contributed by atoms with van der Waals surface area (Å²) in [7, 11) is 1.85. The first kappa shape index (κ1) is 23.3. The molecule has 0 saturated heterocycles. The number of carbonyl (C=O) groups excluding carboxylic acids is 1. The number of fused-ring (bicyclic) bond motifs is 2. The average molecular weight is 491 g/mol. The van der Waals surface area contributed by atoms with Crippen molar-refractivity contribution >= 4 is 28.0 Å². The third-order valence-corrected chi connectivity index (χ3v) is 6.01. The predicted molar refractivity (Wildman–Crippen MR) is 130 cm³/mol. The van der Waals surface area contributed by atoms with E-state index >= 15 is 0 Å². The topological polar surface area (TPSA) is 105 Å². The zero-order chi connectivity index (χ0) is 25.4. The van der Waals surface area contributed by atoms with Crippen molar-refractivity contribution in [3.63, 3.8) is 0 Å². The third-order valence-electron chi connectivity index (χ3n) is 6.01. The number of amides is 1. The van der Waals surface area contributed by atoms with Gasteiger partial charge in [0, 0.05) is 24.7 Å². The maximum Gasteiger partial charge on any atom is 0.251 e. The maximum absolute atomic E-state index is 13.7. The Hall–Kier alpha value is -4.47. The lowest BCUT2D eigenvalue weighted by Gasteiger charge is -2.09. The van der Waals surface area contributed by atoms with Crippen molar-refractivity contribution in [2.24, 2.45) is 7.05 Å². The van der Waals surface area contributed by atoms with E-state index in [4.69, 9.17) is 9.72 Å². The number of benzene rings is 3. The number of aryl methyl sites for hydroxylation is 1. The van der Waals surface area contributed by atoms with Gasteiger partial charge in [0.25, 0.3) is 5.91 Å². The van der Waals surface area contributed by atoms with E-state index in [1.807, 2.05) is 18.5 Å². The number of carbonyl (C=O) groups is 1. The van der Waals surface area contributed by atoms with Crippen LogP contribution in [0.4, 0.5) is 8.78 Å². The fourth-order valence-corrected chi connectivity index (χ4v) is 4.07. The van der Waals surface area contributed by atoms with Crippen LogP contribution in [0.15, 0.2) is 54.6 Å². The van der Waals surface area contributed by atoms with Gasteiger partial charge in [0.1, 0.15) is 29.8 Å². The van der Waals surface area contributed by atoms with Crippen LogP contribution in [0, 0.1) is 11.6 Å². The summed E-state index contributed by atoms with van der Waals surface area (Å²) in [5, 5.41) is 12.4. The molecule has 2 heterocycles. The van der Waals surface area contributed by atoms with Crippen LogP contribution in [-0.4, -0.2) is 43.7 Å². The van der Waals surface area contributed by atoms with Gasteiger partial charge in [0.05, 0.1) is 34.5 Å². The Bertz CT molecular complexity index is 1540. The molecular weight excluding hydrogens is 468 g/mol. The molecule has 184 valence electrons. The summed E-state index contributed by atoms with van der Waals surface area (Å²) >= 11 is 0. The summed E-state index contributed by atoms with van der Waals surface area (Å²) in [5.74, 6) is -0.228. The fraction of sp³-hybridized carbons (Fsp3) is 0.192. The summed E-state index contributed by atoms with van der Waals surface area (Å²) in [6.45, 7) is 2.44. The van der Waals surface area contributed by atoms with E-state index in [1.165, 1.54) is 36.4 Å². The number of phenolic OH excluding ortho intramolecular Hbond substituents is 1. The lowest BCUT2D eigenvalue weighted by molar-refractivity contribution is 0.0947. The molecule has 0 radical (unpaired) electrons. The molecule has 0 saturated carbocycles. The third kappa shape index (κ3) is 4.45. The van der Waals surface area contributed by atoms with Crippen molar-refractivity contribution in [3.05, 3.63) is 83.4 Å². The molecule has 1 unspecified atom stereocenters. The SMILES string of the molecule is CC(c1nc2cc(O)c(F)cc2[nH]1)c1nc2ccc(C(=O)NCCOc3ccc(F)cc3)cc2n1C. The molecule has 3 N–H and O–H groups in total. The Kier molecular flexibility index (Phi) is 6.01. The Labute approximate surface area is 204 Å². The summed E-state index contributed by atoms with van der Waals surface area (Å²) in [5.41, 5.74) is 2.90. The van der Waals surface area contributed by atoms with Gasteiger partial charge in [0.2, 0.25) is 0 Å². The van der Waals surface area contributed by atoms with E-state index in [2.05, 4.69) is 15.3 Å². The van der Waals surface area contributed by atoms with Crippen LogP contribution in [0.2, 0.25) is 0 Å². The Morgan fingerprint density at radius 2 is 1.89 bits per heavy atom. The number of ether oxygens (including phenoxy) is 1. The molecule has 5 rings (SSSR count). The van der Waals surface area contributed by atoms with Gasteiger partial charge in [0.15, 0.2) is 11.6 Å². The second-order valence-corrected chi connectivity index (χ2v) is 8.46.